The molecule has 0 saturated heterocycles. The van der Waals surface area contributed by atoms with Crippen LogP contribution in [0.2, 0.25) is 0 Å². The molecule has 0 aliphatic carbocycles. The van der Waals surface area contributed by atoms with Gasteiger partial charge in [-0.2, -0.15) is 5.26 Å². The third-order valence-corrected chi connectivity index (χ3v) is 4.11. The van der Waals surface area contributed by atoms with E-state index in [0.29, 0.717) is 25.1 Å². The van der Waals surface area contributed by atoms with Gasteiger partial charge in [0.05, 0.1) is 29.0 Å². The average molecular weight is 270 g/mol. The smallest absolute Gasteiger partial charge is 0.179 e. The first-order chi connectivity index (χ1) is 8.60. The number of halogens is 1. The first-order valence-corrected chi connectivity index (χ1v) is 7.25. The normalized spacial score (nSPS) is 11.1. The molecule has 4 nitrogen and oxygen atoms in total. The van der Waals surface area contributed by atoms with Crippen molar-refractivity contribution < 1.29 is 12.8 Å². The molecule has 0 aliphatic heterocycles. The fourth-order valence-electron chi connectivity index (χ4n) is 1.38. The molecule has 0 bridgehead atoms. The molecule has 18 heavy (non-hydrogen) atoms. The second-order valence-corrected chi connectivity index (χ2v) is 5.86. The van der Waals surface area contributed by atoms with Crippen LogP contribution in [0.1, 0.15) is 12.0 Å². The molecule has 1 N–H and O–H groups in total. The van der Waals surface area contributed by atoms with E-state index in [1.807, 2.05) is 6.07 Å². The number of sulfone groups is 1. The SMILES string of the molecule is N#Cc1ccc(S(=O)(=O)CCNCCCF)cc1. The van der Waals surface area contributed by atoms with Crippen molar-refractivity contribution in [2.75, 3.05) is 25.5 Å². The highest BCUT2D eigenvalue weighted by Crippen LogP contribution is 2.11. The molecule has 0 atom stereocenters. The summed E-state index contributed by atoms with van der Waals surface area (Å²) in [6, 6.07) is 7.73. The second kappa shape index (κ2) is 7.09. The summed E-state index contributed by atoms with van der Waals surface area (Å²) in [5, 5.41) is 11.5. The van der Waals surface area contributed by atoms with Gasteiger partial charge in [-0.1, -0.05) is 0 Å². The topological polar surface area (TPSA) is 70.0 Å². The predicted octanol–water partition coefficient (Wildman–Crippen LogP) is 1.28. The molecule has 6 heteroatoms. The van der Waals surface area contributed by atoms with Gasteiger partial charge in [-0.05, 0) is 37.2 Å². The third kappa shape index (κ3) is 4.43. The number of rotatable bonds is 7. The van der Waals surface area contributed by atoms with E-state index in [1.165, 1.54) is 24.3 Å². The highest BCUT2D eigenvalue weighted by molar-refractivity contribution is 7.91. The van der Waals surface area contributed by atoms with Gasteiger partial charge in [0.1, 0.15) is 0 Å². The molecule has 1 aromatic carbocycles. The summed E-state index contributed by atoms with van der Waals surface area (Å²) in [5.74, 6) is -0.0365. The Hall–Kier alpha value is -1.45. The number of nitrogens with zero attached hydrogens (tertiary/aromatic N) is 1. The number of alkyl halides is 1. The number of benzene rings is 1. The molecule has 0 saturated carbocycles. The van der Waals surface area contributed by atoms with Crippen molar-refractivity contribution in [3.05, 3.63) is 29.8 Å². The van der Waals surface area contributed by atoms with Gasteiger partial charge in [0, 0.05) is 6.54 Å². The van der Waals surface area contributed by atoms with Gasteiger partial charge in [-0.3, -0.25) is 4.39 Å². The van der Waals surface area contributed by atoms with Crippen LogP contribution in [0.15, 0.2) is 29.2 Å². The Morgan fingerprint density at radius 1 is 1.22 bits per heavy atom. The van der Waals surface area contributed by atoms with Crippen LogP contribution in [-0.4, -0.2) is 33.9 Å². The second-order valence-electron chi connectivity index (χ2n) is 3.75. The number of hydrogen-bond donors (Lipinski definition) is 1. The van der Waals surface area contributed by atoms with Crippen molar-refractivity contribution in [2.24, 2.45) is 0 Å². The molecule has 1 aromatic rings. The minimum Gasteiger partial charge on any atom is -0.316 e. The Bertz CT molecular complexity index is 506. The maximum atomic E-state index is 11.9. The summed E-state index contributed by atoms with van der Waals surface area (Å²) >= 11 is 0. The van der Waals surface area contributed by atoms with Crippen molar-refractivity contribution in [3.63, 3.8) is 0 Å². The molecule has 0 aromatic heterocycles. The Balaban J connectivity index is 2.55. The molecule has 0 spiro atoms. The molecule has 0 fully saturated rings. The van der Waals surface area contributed by atoms with Crippen LogP contribution in [0, 0.1) is 11.3 Å². The summed E-state index contributed by atoms with van der Waals surface area (Å²) in [4.78, 5) is 0.203. The van der Waals surface area contributed by atoms with Crippen molar-refractivity contribution >= 4 is 9.84 Å². The van der Waals surface area contributed by atoms with Gasteiger partial charge < -0.3 is 5.32 Å². The van der Waals surface area contributed by atoms with Crippen LogP contribution in [0.5, 0.6) is 0 Å². The minimum atomic E-state index is -3.34. The molecular weight excluding hydrogens is 255 g/mol. The third-order valence-electron chi connectivity index (χ3n) is 2.38. The quantitative estimate of drug-likeness (QED) is 0.758. The van der Waals surface area contributed by atoms with E-state index in [1.54, 1.807) is 0 Å². The van der Waals surface area contributed by atoms with E-state index in [-0.39, 0.29) is 10.6 Å². The highest BCUT2D eigenvalue weighted by Gasteiger charge is 2.13. The standard InChI is InChI=1S/C12H15FN2O2S/c13-6-1-7-15-8-9-18(16,17)12-4-2-11(10-14)3-5-12/h2-5,15H,1,6-9H2. The fourth-order valence-corrected chi connectivity index (χ4v) is 2.58. The molecule has 0 unspecified atom stereocenters. The molecule has 1 rings (SSSR count). The zero-order chi connectivity index (χ0) is 13.4. The summed E-state index contributed by atoms with van der Waals surface area (Å²) in [6.45, 7) is 0.358. The van der Waals surface area contributed by atoms with E-state index >= 15 is 0 Å². The average Bonchev–Trinajstić information content (AvgIpc) is 2.38. The molecule has 0 aliphatic rings. The fraction of sp³-hybridized carbons (Fsp3) is 0.417. The van der Waals surface area contributed by atoms with Crippen molar-refractivity contribution in [1.82, 2.24) is 5.32 Å². The van der Waals surface area contributed by atoms with Crippen LogP contribution >= 0.6 is 0 Å². The lowest BCUT2D eigenvalue weighted by Crippen LogP contribution is -2.24. The molecule has 0 radical (unpaired) electrons. The largest absolute Gasteiger partial charge is 0.316 e. The van der Waals surface area contributed by atoms with Gasteiger partial charge in [-0.25, -0.2) is 8.42 Å². The lowest BCUT2D eigenvalue weighted by molar-refractivity contribution is 0.462. The predicted molar refractivity (Wildman–Crippen MR) is 66.7 cm³/mol. The van der Waals surface area contributed by atoms with E-state index in [0.717, 1.165) is 0 Å². The van der Waals surface area contributed by atoms with Gasteiger partial charge in [0.25, 0.3) is 0 Å². The van der Waals surface area contributed by atoms with Gasteiger partial charge in [0.2, 0.25) is 0 Å². The first kappa shape index (κ1) is 14.6. The van der Waals surface area contributed by atoms with Crippen molar-refractivity contribution in [3.8, 4) is 6.07 Å². The van der Waals surface area contributed by atoms with Crippen LogP contribution in [0.4, 0.5) is 4.39 Å². The van der Waals surface area contributed by atoms with Crippen LogP contribution in [0.25, 0.3) is 0 Å². The van der Waals surface area contributed by atoms with E-state index in [4.69, 9.17) is 5.26 Å². The lowest BCUT2D eigenvalue weighted by atomic mass is 10.2. The molecule has 0 heterocycles. The van der Waals surface area contributed by atoms with Crippen LogP contribution < -0.4 is 5.32 Å². The Labute approximate surface area is 106 Å². The van der Waals surface area contributed by atoms with Gasteiger partial charge in [-0.15, -0.1) is 0 Å². The summed E-state index contributed by atoms with van der Waals surface area (Å²) in [6.07, 6.45) is 0.386. The maximum Gasteiger partial charge on any atom is 0.179 e. The molecule has 98 valence electrons. The van der Waals surface area contributed by atoms with Crippen LogP contribution in [0.3, 0.4) is 0 Å². The Kier molecular flexibility index (Phi) is 5.75. The maximum absolute atomic E-state index is 11.9. The monoisotopic (exact) mass is 270 g/mol. The Morgan fingerprint density at radius 2 is 1.89 bits per heavy atom. The number of nitrogens with one attached hydrogen (secondary N) is 1. The van der Waals surface area contributed by atoms with E-state index in [9.17, 15) is 12.8 Å². The van der Waals surface area contributed by atoms with Crippen molar-refractivity contribution in [1.29, 1.82) is 5.26 Å². The van der Waals surface area contributed by atoms with Crippen molar-refractivity contribution in [2.45, 2.75) is 11.3 Å². The number of nitriles is 1. The summed E-state index contributed by atoms with van der Waals surface area (Å²) in [5.41, 5.74) is 0.426. The van der Waals surface area contributed by atoms with Gasteiger partial charge in [0.15, 0.2) is 9.84 Å². The van der Waals surface area contributed by atoms with Gasteiger partial charge >= 0.3 is 0 Å². The van der Waals surface area contributed by atoms with Crippen LogP contribution in [-0.2, 0) is 9.84 Å². The van der Waals surface area contributed by atoms with E-state index in [2.05, 4.69) is 5.32 Å². The highest BCUT2D eigenvalue weighted by atomic mass is 32.2. The molecule has 0 amide bonds. The summed E-state index contributed by atoms with van der Waals surface area (Å²) in [7, 11) is -3.34. The minimum absolute atomic E-state index is 0.0365. The number of hydrogen-bond acceptors (Lipinski definition) is 4. The van der Waals surface area contributed by atoms with E-state index < -0.39 is 16.5 Å². The molecular formula is C12H15FN2O2S. The zero-order valence-electron chi connectivity index (χ0n) is 9.89. The Morgan fingerprint density at radius 3 is 2.44 bits per heavy atom. The summed E-state index contributed by atoms with van der Waals surface area (Å²) < 4.78 is 35.5. The first-order valence-electron chi connectivity index (χ1n) is 5.60. The zero-order valence-corrected chi connectivity index (χ0v) is 10.7. The lowest BCUT2D eigenvalue weighted by Gasteiger charge is -2.05.